The molecule has 0 aromatic heterocycles. The Morgan fingerprint density at radius 1 is 1.19 bits per heavy atom. The summed E-state index contributed by atoms with van der Waals surface area (Å²) in [7, 11) is 0. The first-order chi connectivity index (χ1) is 9.88. The molecule has 1 atom stereocenters. The Balaban J connectivity index is 2.21. The molecule has 0 unspecified atom stereocenters. The van der Waals surface area contributed by atoms with Gasteiger partial charge in [0, 0.05) is 32.2 Å². The molecule has 0 spiro atoms. The van der Waals surface area contributed by atoms with Crippen LogP contribution in [0.25, 0.3) is 0 Å². The van der Waals surface area contributed by atoms with Crippen molar-refractivity contribution in [1.82, 2.24) is 10.2 Å². The lowest BCUT2D eigenvalue weighted by Crippen LogP contribution is -2.45. The van der Waals surface area contributed by atoms with Gasteiger partial charge in [-0.25, -0.2) is 0 Å². The number of rotatable bonds is 4. The van der Waals surface area contributed by atoms with Gasteiger partial charge in [-0.15, -0.1) is 6.58 Å². The average molecular weight is 286 g/mol. The number of hydrogen-bond acceptors (Lipinski definition) is 2. The summed E-state index contributed by atoms with van der Waals surface area (Å²) < 4.78 is 0. The highest BCUT2D eigenvalue weighted by Gasteiger charge is 2.22. The van der Waals surface area contributed by atoms with Gasteiger partial charge in [-0.2, -0.15) is 0 Å². The second kappa shape index (κ2) is 6.76. The number of nitrogens with one attached hydrogen (secondary N) is 1. The molecule has 1 aromatic carbocycles. The van der Waals surface area contributed by atoms with Crippen LogP contribution in [-0.2, 0) is 5.41 Å². The standard InChI is InChI=1S/C19H30N2/c1-15(2)14-18(21-12-10-20-11-13-21)16-6-8-17(9-7-16)19(3,4)5/h6-9,18,20H,1,10-14H2,2-5H3/t18-/m1/s1. The lowest BCUT2D eigenvalue weighted by molar-refractivity contribution is 0.172. The third-order valence-corrected chi connectivity index (χ3v) is 4.30. The minimum absolute atomic E-state index is 0.220. The van der Waals surface area contributed by atoms with Crippen LogP contribution in [0.3, 0.4) is 0 Å². The molecule has 116 valence electrons. The van der Waals surface area contributed by atoms with E-state index in [1.54, 1.807) is 0 Å². The fourth-order valence-electron chi connectivity index (χ4n) is 2.99. The molecule has 2 rings (SSSR count). The van der Waals surface area contributed by atoms with Gasteiger partial charge in [0.1, 0.15) is 0 Å². The quantitative estimate of drug-likeness (QED) is 0.845. The first-order valence-corrected chi connectivity index (χ1v) is 8.07. The zero-order valence-corrected chi connectivity index (χ0v) is 14.1. The Bertz CT molecular complexity index is 461. The Hall–Kier alpha value is -1.12. The van der Waals surface area contributed by atoms with E-state index >= 15 is 0 Å². The molecule has 0 saturated carbocycles. The fourth-order valence-corrected chi connectivity index (χ4v) is 2.99. The normalized spacial score (nSPS) is 18.5. The second-order valence-corrected chi connectivity index (χ2v) is 7.34. The Kier molecular flexibility index (Phi) is 5.23. The van der Waals surface area contributed by atoms with E-state index in [-0.39, 0.29) is 5.41 Å². The summed E-state index contributed by atoms with van der Waals surface area (Å²) in [4.78, 5) is 2.59. The van der Waals surface area contributed by atoms with E-state index in [0.29, 0.717) is 6.04 Å². The zero-order valence-electron chi connectivity index (χ0n) is 14.1. The van der Waals surface area contributed by atoms with Gasteiger partial charge in [0.05, 0.1) is 0 Å². The second-order valence-electron chi connectivity index (χ2n) is 7.34. The van der Waals surface area contributed by atoms with E-state index in [1.807, 2.05) is 0 Å². The summed E-state index contributed by atoms with van der Waals surface area (Å²) >= 11 is 0. The Morgan fingerprint density at radius 3 is 2.24 bits per heavy atom. The molecule has 1 N–H and O–H groups in total. The van der Waals surface area contributed by atoms with Crippen LogP contribution < -0.4 is 5.32 Å². The van der Waals surface area contributed by atoms with Crippen molar-refractivity contribution >= 4 is 0 Å². The molecule has 1 fully saturated rings. The lowest BCUT2D eigenvalue weighted by atomic mass is 9.85. The molecule has 0 radical (unpaired) electrons. The van der Waals surface area contributed by atoms with Crippen LogP contribution in [0.4, 0.5) is 0 Å². The molecule has 1 saturated heterocycles. The highest BCUT2D eigenvalue weighted by molar-refractivity contribution is 5.30. The fraction of sp³-hybridized carbons (Fsp3) is 0.579. The van der Waals surface area contributed by atoms with Crippen LogP contribution in [0, 0.1) is 0 Å². The molecular weight excluding hydrogens is 256 g/mol. The van der Waals surface area contributed by atoms with Crippen LogP contribution in [0.15, 0.2) is 36.4 Å². The van der Waals surface area contributed by atoms with Gasteiger partial charge in [0.25, 0.3) is 0 Å². The van der Waals surface area contributed by atoms with E-state index < -0.39 is 0 Å². The Labute approximate surface area is 130 Å². The maximum Gasteiger partial charge on any atom is 0.0386 e. The Morgan fingerprint density at radius 2 is 1.76 bits per heavy atom. The maximum absolute atomic E-state index is 4.13. The topological polar surface area (TPSA) is 15.3 Å². The van der Waals surface area contributed by atoms with Gasteiger partial charge in [-0.05, 0) is 29.9 Å². The molecule has 1 aliphatic rings. The highest BCUT2D eigenvalue weighted by atomic mass is 15.2. The number of nitrogens with zero attached hydrogens (tertiary/aromatic N) is 1. The number of benzene rings is 1. The highest BCUT2D eigenvalue weighted by Crippen LogP contribution is 2.30. The number of piperazine rings is 1. The minimum atomic E-state index is 0.220. The van der Waals surface area contributed by atoms with Crippen molar-refractivity contribution in [2.45, 2.75) is 45.6 Å². The van der Waals surface area contributed by atoms with E-state index in [4.69, 9.17) is 0 Å². The zero-order chi connectivity index (χ0) is 15.5. The molecule has 1 aliphatic heterocycles. The summed E-state index contributed by atoms with van der Waals surface area (Å²) in [6.07, 6.45) is 1.05. The van der Waals surface area contributed by atoms with Crippen LogP contribution in [-0.4, -0.2) is 31.1 Å². The summed E-state index contributed by atoms with van der Waals surface area (Å²) in [5, 5.41) is 3.44. The van der Waals surface area contributed by atoms with E-state index in [2.05, 4.69) is 68.8 Å². The lowest BCUT2D eigenvalue weighted by Gasteiger charge is -2.35. The van der Waals surface area contributed by atoms with Crippen molar-refractivity contribution in [3.05, 3.63) is 47.5 Å². The van der Waals surface area contributed by atoms with Gasteiger partial charge < -0.3 is 5.32 Å². The van der Waals surface area contributed by atoms with E-state index in [9.17, 15) is 0 Å². The summed E-state index contributed by atoms with van der Waals surface area (Å²) in [5.74, 6) is 0. The summed E-state index contributed by atoms with van der Waals surface area (Å²) in [6, 6.07) is 9.69. The van der Waals surface area contributed by atoms with E-state index in [1.165, 1.54) is 16.7 Å². The molecule has 0 amide bonds. The third kappa shape index (κ3) is 4.42. The van der Waals surface area contributed by atoms with Gasteiger partial charge in [-0.1, -0.05) is 50.6 Å². The molecule has 21 heavy (non-hydrogen) atoms. The summed E-state index contributed by atoms with van der Waals surface area (Å²) in [6.45, 7) is 17.5. The van der Waals surface area contributed by atoms with Crippen molar-refractivity contribution in [3.63, 3.8) is 0 Å². The van der Waals surface area contributed by atoms with Gasteiger partial charge in [0.2, 0.25) is 0 Å². The minimum Gasteiger partial charge on any atom is -0.314 e. The third-order valence-electron chi connectivity index (χ3n) is 4.30. The largest absolute Gasteiger partial charge is 0.314 e. The van der Waals surface area contributed by atoms with Crippen LogP contribution in [0.2, 0.25) is 0 Å². The molecule has 0 bridgehead atoms. The average Bonchev–Trinajstić information content (AvgIpc) is 2.45. The first-order valence-electron chi connectivity index (χ1n) is 8.07. The summed E-state index contributed by atoms with van der Waals surface area (Å²) in [5.41, 5.74) is 4.31. The molecular formula is C19H30N2. The SMILES string of the molecule is C=C(C)C[C@H](c1ccc(C(C)(C)C)cc1)N1CCNCC1. The molecule has 1 heterocycles. The van der Waals surface area contributed by atoms with Crippen molar-refractivity contribution in [3.8, 4) is 0 Å². The van der Waals surface area contributed by atoms with Crippen molar-refractivity contribution in [2.75, 3.05) is 26.2 Å². The molecule has 0 aliphatic carbocycles. The van der Waals surface area contributed by atoms with Crippen LogP contribution in [0.1, 0.15) is 51.3 Å². The predicted octanol–water partition coefficient (Wildman–Crippen LogP) is 3.90. The van der Waals surface area contributed by atoms with Crippen molar-refractivity contribution < 1.29 is 0 Å². The maximum atomic E-state index is 4.13. The van der Waals surface area contributed by atoms with Gasteiger partial charge in [0.15, 0.2) is 0 Å². The van der Waals surface area contributed by atoms with Crippen LogP contribution >= 0.6 is 0 Å². The van der Waals surface area contributed by atoms with Gasteiger partial charge in [-0.3, -0.25) is 4.90 Å². The molecule has 2 nitrogen and oxygen atoms in total. The van der Waals surface area contributed by atoms with E-state index in [0.717, 1.165) is 32.6 Å². The first kappa shape index (κ1) is 16.3. The predicted molar refractivity (Wildman–Crippen MR) is 91.8 cm³/mol. The number of hydrogen-bond donors (Lipinski definition) is 1. The smallest absolute Gasteiger partial charge is 0.0386 e. The molecule has 2 heteroatoms. The van der Waals surface area contributed by atoms with Crippen molar-refractivity contribution in [2.24, 2.45) is 0 Å². The van der Waals surface area contributed by atoms with Crippen LogP contribution in [0.5, 0.6) is 0 Å². The van der Waals surface area contributed by atoms with Crippen molar-refractivity contribution in [1.29, 1.82) is 0 Å². The van der Waals surface area contributed by atoms with Gasteiger partial charge >= 0.3 is 0 Å². The monoisotopic (exact) mass is 286 g/mol. The molecule has 1 aromatic rings.